The summed E-state index contributed by atoms with van der Waals surface area (Å²) in [6.07, 6.45) is -9.16. The summed E-state index contributed by atoms with van der Waals surface area (Å²) < 4.78 is 142. The van der Waals surface area contributed by atoms with Crippen LogP contribution in [0.15, 0.2) is 99.5 Å². The molecular weight excluding hydrogens is 675 g/mol. The zero-order valence-electron chi connectivity index (χ0n) is 25.8. The van der Waals surface area contributed by atoms with Gasteiger partial charge in [-0.2, -0.15) is 26.3 Å². The molecule has 254 valence electrons. The Morgan fingerprint density at radius 2 is 1.20 bits per heavy atom. The van der Waals surface area contributed by atoms with Crippen LogP contribution in [-0.2, 0) is 12.4 Å². The van der Waals surface area contributed by atoms with Crippen LogP contribution >= 0.6 is 0 Å². The van der Waals surface area contributed by atoms with Crippen LogP contribution in [0.1, 0.15) is 22.4 Å². The van der Waals surface area contributed by atoms with Gasteiger partial charge >= 0.3 is 19.3 Å². The minimum atomic E-state index is -5.18. The number of alkyl halides is 6. The van der Waals surface area contributed by atoms with Crippen LogP contribution < -0.4 is 24.7 Å². The van der Waals surface area contributed by atoms with E-state index < -0.39 is 36.0 Å². The number of furan rings is 2. The normalized spacial score (nSPS) is 15.2. The number of fused-ring (bicyclic) bond motifs is 5. The molecule has 2 aliphatic rings. The fourth-order valence-corrected chi connectivity index (χ4v) is 6.51. The molecule has 8 rings (SSSR count). The Kier molecular flexibility index (Phi) is 6.71. The van der Waals surface area contributed by atoms with Gasteiger partial charge in [-0.1, -0.05) is 0 Å². The summed E-state index contributed by atoms with van der Waals surface area (Å²) in [4.78, 5) is 0. The second kappa shape index (κ2) is 10.6. The van der Waals surface area contributed by atoms with E-state index in [9.17, 15) is 26.3 Å². The molecule has 5 heterocycles. The van der Waals surface area contributed by atoms with Gasteiger partial charge in [-0.15, -0.1) is 0 Å². The average Bonchev–Trinajstić information content (AvgIpc) is 3.83. The largest absolute Gasteiger partial charge is 0.738 e. The van der Waals surface area contributed by atoms with E-state index in [0.29, 0.717) is 43.7 Å². The molecule has 0 fully saturated rings. The summed E-state index contributed by atoms with van der Waals surface area (Å²) in [5.74, 6) is 1.48. The number of rotatable bonds is 5. The van der Waals surface area contributed by atoms with Crippen molar-refractivity contribution in [3.8, 4) is 34.1 Å². The van der Waals surface area contributed by atoms with Crippen LogP contribution in [0.2, 0.25) is 0 Å². The summed E-state index contributed by atoms with van der Waals surface area (Å²) in [6, 6.07) is 18.1. The molecule has 3 aromatic heterocycles. The van der Waals surface area contributed by atoms with Crippen molar-refractivity contribution >= 4 is 29.7 Å². The lowest BCUT2D eigenvalue weighted by Gasteiger charge is -2.31. The molecule has 0 unspecified atom stereocenters. The predicted octanol–water partition coefficient (Wildman–Crippen LogP) is 8.20. The minimum Gasteiger partial charge on any atom is -0.497 e. The first-order chi connectivity index (χ1) is 23.7. The lowest BCUT2D eigenvalue weighted by atomic mass is 9.85. The van der Waals surface area contributed by atoms with Crippen molar-refractivity contribution in [3.63, 3.8) is 0 Å². The zero-order chi connectivity index (χ0) is 35.3. The van der Waals surface area contributed by atoms with Gasteiger partial charge in [0, 0.05) is 29.0 Å². The summed E-state index contributed by atoms with van der Waals surface area (Å²) in [7, 11) is 2.96. The van der Waals surface area contributed by atoms with E-state index in [4.69, 9.17) is 18.3 Å². The Labute approximate surface area is 276 Å². The molecule has 0 bridgehead atoms. The number of halogens is 8. The van der Waals surface area contributed by atoms with E-state index >= 15 is 8.63 Å². The molecule has 15 heteroatoms. The zero-order valence-corrected chi connectivity index (χ0v) is 25.8. The van der Waals surface area contributed by atoms with Crippen molar-refractivity contribution in [1.29, 1.82) is 0 Å². The van der Waals surface area contributed by atoms with Crippen LogP contribution in [0.3, 0.4) is 0 Å². The average molecular weight is 696 g/mol. The highest BCUT2D eigenvalue weighted by atomic mass is 19.4. The molecule has 0 aliphatic carbocycles. The second-order valence-electron chi connectivity index (χ2n) is 11.7. The smallest absolute Gasteiger partial charge is 0.497 e. The van der Waals surface area contributed by atoms with Gasteiger partial charge in [0.2, 0.25) is 5.36 Å². The first-order valence-corrected chi connectivity index (χ1v) is 15.0. The standard InChI is InChI=1S/C35H21BF8N2O4/c1-47-23-7-3-18(4-8-23)29-14-25-31(49-29)16-27-33(20-11-21(34(37,38)39)13-22(12-20)35(40,41)42)28-17-32-26(46(28)36(43,44)45(25)27)15-30(50-32)19-5-9-24(48-2)10-6-19/h3-17H,1-2H3. The summed E-state index contributed by atoms with van der Waals surface area (Å²) in [5.41, 5.74) is -3.93. The van der Waals surface area contributed by atoms with Gasteiger partial charge in [0.05, 0.1) is 48.6 Å². The molecule has 6 aromatic rings. The van der Waals surface area contributed by atoms with E-state index in [-0.39, 0.29) is 56.4 Å². The van der Waals surface area contributed by atoms with E-state index in [1.807, 2.05) is 0 Å². The number of allylic oxidation sites excluding steroid dienone is 1. The topological polar surface area (TPSA) is 52.7 Å². The summed E-state index contributed by atoms with van der Waals surface area (Å²) in [6.45, 7) is -4.84. The Morgan fingerprint density at radius 1 is 0.660 bits per heavy atom. The van der Waals surface area contributed by atoms with Gasteiger partial charge in [-0.25, -0.2) is 0 Å². The maximum Gasteiger partial charge on any atom is 0.738 e. The Balaban J connectivity index is 1.41. The number of aromatic nitrogens is 1. The Bertz CT molecular complexity index is 2470. The highest BCUT2D eigenvalue weighted by Gasteiger charge is 2.55. The van der Waals surface area contributed by atoms with Crippen molar-refractivity contribution in [2.24, 2.45) is 0 Å². The van der Waals surface area contributed by atoms with Crippen molar-refractivity contribution < 1.29 is 53.3 Å². The molecule has 0 amide bonds. The molecule has 0 saturated carbocycles. The van der Waals surface area contributed by atoms with Gasteiger partial charge in [0.15, 0.2) is 11.1 Å². The number of methoxy groups -OCH3 is 2. The third-order valence-corrected chi connectivity index (χ3v) is 8.81. The Morgan fingerprint density at radius 3 is 1.72 bits per heavy atom. The quantitative estimate of drug-likeness (QED) is 0.135. The van der Waals surface area contributed by atoms with Crippen LogP contribution in [0, 0.1) is 0 Å². The fourth-order valence-electron chi connectivity index (χ4n) is 6.51. The molecule has 0 spiro atoms. The van der Waals surface area contributed by atoms with E-state index in [0.717, 1.165) is 0 Å². The van der Waals surface area contributed by atoms with Crippen LogP contribution in [0.25, 0.3) is 45.4 Å². The number of nitrogens with zero attached hydrogens (tertiary/aromatic N) is 2. The molecule has 50 heavy (non-hydrogen) atoms. The first kappa shape index (κ1) is 31.5. The molecule has 2 aliphatic heterocycles. The molecule has 3 aromatic carbocycles. The maximum absolute atomic E-state index is 17.1. The molecule has 6 nitrogen and oxygen atoms in total. The molecular formula is C35H21BF8N2O4. The third-order valence-electron chi connectivity index (χ3n) is 8.81. The molecule has 0 saturated heterocycles. The number of hydrogen-bond donors (Lipinski definition) is 0. The third kappa shape index (κ3) is 4.82. The van der Waals surface area contributed by atoms with Crippen LogP contribution in [0.4, 0.5) is 35.0 Å². The highest BCUT2D eigenvalue weighted by molar-refractivity contribution is 6.65. The maximum atomic E-state index is 17.1. The first-order valence-electron chi connectivity index (χ1n) is 15.0. The number of hydrogen-bond acceptors (Lipinski definition) is 4. The molecule has 0 atom stereocenters. The van der Waals surface area contributed by atoms with E-state index in [1.165, 1.54) is 38.5 Å². The number of ether oxygens (including phenoxy) is 2. The van der Waals surface area contributed by atoms with Crippen molar-refractivity contribution in [2.45, 2.75) is 12.4 Å². The van der Waals surface area contributed by atoms with Crippen LogP contribution in [0.5, 0.6) is 11.5 Å². The van der Waals surface area contributed by atoms with Crippen molar-refractivity contribution in [3.05, 3.63) is 124 Å². The second-order valence-corrected chi connectivity index (χ2v) is 11.7. The predicted molar refractivity (Wildman–Crippen MR) is 168 cm³/mol. The van der Waals surface area contributed by atoms with Gasteiger partial charge in [-0.05, 0) is 72.3 Å². The molecule has 0 N–H and O–H groups in total. The SMILES string of the molecule is COc1ccc(-c2cc3c(o2)=CC2=C(c4cc(C(F)(F)F)cc(C(F)(F)F)c4)c4cc5oc(-c6ccc(OC)cc6)cc5n4[B-](F)(F)[N+]=32)cc1. The van der Waals surface area contributed by atoms with Gasteiger partial charge in [0.25, 0.3) is 0 Å². The van der Waals surface area contributed by atoms with Crippen LogP contribution in [-0.4, -0.2) is 25.7 Å². The minimum absolute atomic E-state index is 0.0105. The van der Waals surface area contributed by atoms with Gasteiger partial charge < -0.3 is 35.9 Å². The monoisotopic (exact) mass is 696 g/mol. The summed E-state index contributed by atoms with van der Waals surface area (Å²) in [5, 5.41) is -0.122. The lowest BCUT2D eigenvalue weighted by molar-refractivity contribution is -0.143. The van der Waals surface area contributed by atoms with Crippen molar-refractivity contribution in [2.75, 3.05) is 14.2 Å². The molecule has 0 radical (unpaired) electrons. The van der Waals surface area contributed by atoms with E-state index in [2.05, 4.69) is 0 Å². The Hall–Kier alpha value is -5.73. The van der Waals surface area contributed by atoms with Gasteiger partial charge in [0.1, 0.15) is 28.6 Å². The van der Waals surface area contributed by atoms with E-state index in [1.54, 1.807) is 48.5 Å². The fraction of sp³-hybridized carbons (Fsp3) is 0.114. The number of benzene rings is 3. The lowest BCUT2D eigenvalue weighted by Crippen LogP contribution is -2.56. The highest BCUT2D eigenvalue weighted by Crippen LogP contribution is 2.45. The summed E-state index contributed by atoms with van der Waals surface area (Å²) >= 11 is 0. The van der Waals surface area contributed by atoms with Gasteiger partial charge in [-0.3, -0.25) is 0 Å². The van der Waals surface area contributed by atoms with Crippen molar-refractivity contribution in [1.82, 2.24) is 8.96 Å².